The lowest BCUT2D eigenvalue weighted by molar-refractivity contribution is -0.106. The topological polar surface area (TPSA) is 110 Å². The first-order valence-corrected chi connectivity index (χ1v) is 12.3. The Labute approximate surface area is 201 Å². The molecule has 0 spiro atoms. The Morgan fingerprint density at radius 1 is 1.17 bits per heavy atom. The number of nitrogens with zero attached hydrogens (tertiary/aromatic N) is 4. The highest BCUT2D eigenvalue weighted by molar-refractivity contribution is 7.89. The third-order valence-electron chi connectivity index (χ3n) is 5.26. The second-order valence-corrected chi connectivity index (χ2v) is 11.4. The van der Waals surface area contributed by atoms with Crippen molar-refractivity contribution in [2.24, 2.45) is 12.5 Å². The minimum absolute atomic E-state index is 0.158. The van der Waals surface area contributed by atoms with E-state index in [2.05, 4.69) is 4.98 Å². The van der Waals surface area contributed by atoms with Crippen LogP contribution in [-0.4, -0.2) is 34.5 Å². The van der Waals surface area contributed by atoms with Crippen molar-refractivity contribution in [3.8, 4) is 17.3 Å². The van der Waals surface area contributed by atoms with Gasteiger partial charge in [0.2, 0.25) is 10.0 Å². The molecule has 188 valence electrons. The molecule has 0 bridgehead atoms. The Bertz CT molecular complexity index is 1480. The normalized spacial score (nSPS) is 13.7. The summed E-state index contributed by atoms with van der Waals surface area (Å²) in [5.74, 6) is -1.99. The first-order chi connectivity index (χ1) is 16.0. The molecule has 0 radical (unpaired) electrons. The van der Waals surface area contributed by atoms with Crippen molar-refractivity contribution in [2.75, 3.05) is 5.75 Å². The van der Waals surface area contributed by atoms with Crippen molar-refractivity contribution in [2.45, 2.75) is 46.5 Å². The van der Waals surface area contributed by atoms with Crippen molar-refractivity contribution in [1.82, 2.24) is 18.8 Å². The summed E-state index contributed by atoms with van der Waals surface area (Å²) in [5, 5.41) is 9.59. The summed E-state index contributed by atoms with van der Waals surface area (Å²) in [6.07, 6.45) is -4.87. The average Bonchev–Trinajstić information content (AvgIpc) is 2.94. The van der Waals surface area contributed by atoms with Gasteiger partial charge in [0.05, 0.1) is 22.8 Å². The number of aromatic nitrogens is 3. The van der Waals surface area contributed by atoms with Gasteiger partial charge in [-0.2, -0.15) is 18.4 Å². The van der Waals surface area contributed by atoms with E-state index < -0.39 is 28.0 Å². The number of alkyl halides is 3. The number of nitriles is 1. The zero-order valence-electron chi connectivity index (χ0n) is 19.9. The lowest BCUT2D eigenvalue weighted by Gasteiger charge is -2.18. The Balaban J connectivity index is 2.06. The van der Waals surface area contributed by atoms with Crippen LogP contribution in [0.25, 0.3) is 22.4 Å². The summed E-state index contributed by atoms with van der Waals surface area (Å²) in [7, 11) is -3.03. The highest BCUT2D eigenvalue weighted by atomic mass is 32.2. The first-order valence-electron chi connectivity index (χ1n) is 10.7. The second-order valence-electron chi connectivity index (χ2n) is 9.66. The Morgan fingerprint density at radius 3 is 2.40 bits per heavy atom. The second kappa shape index (κ2) is 9.13. The number of sulfonamides is 1. The molecular weight excluding hydrogens is 483 g/mol. The molecule has 0 aliphatic carbocycles. The minimum Gasteiger partial charge on any atom is -0.290 e. The van der Waals surface area contributed by atoms with E-state index in [-0.39, 0.29) is 16.7 Å². The van der Waals surface area contributed by atoms with Crippen molar-refractivity contribution >= 4 is 21.2 Å². The summed E-state index contributed by atoms with van der Waals surface area (Å²) < 4.78 is 66.6. The van der Waals surface area contributed by atoms with Crippen LogP contribution in [0.1, 0.15) is 44.9 Å². The van der Waals surface area contributed by atoms with Crippen molar-refractivity contribution in [3.05, 3.63) is 51.9 Å². The maximum atomic E-state index is 12.8. The molecule has 35 heavy (non-hydrogen) atoms. The third-order valence-corrected chi connectivity index (χ3v) is 6.68. The Hall–Kier alpha value is -3.17. The van der Waals surface area contributed by atoms with E-state index in [0.717, 1.165) is 0 Å². The van der Waals surface area contributed by atoms with Crippen LogP contribution in [0.15, 0.2) is 35.1 Å². The number of hydrogen-bond acceptors (Lipinski definition) is 5. The molecule has 0 saturated carbocycles. The minimum atomic E-state index is -4.87. The van der Waals surface area contributed by atoms with Gasteiger partial charge in [0, 0.05) is 25.2 Å². The van der Waals surface area contributed by atoms with Crippen LogP contribution < -0.4 is 10.4 Å². The molecule has 3 rings (SSSR count). The molecule has 1 atom stereocenters. The molecule has 0 aliphatic heterocycles. The van der Waals surface area contributed by atoms with Gasteiger partial charge in [-0.1, -0.05) is 26.8 Å². The maximum absolute atomic E-state index is 12.8. The van der Waals surface area contributed by atoms with Crippen LogP contribution in [0, 0.1) is 16.7 Å². The van der Waals surface area contributed by atoms with E-state index in [9.17, 15) is 31.6 Å². The van der Waals surface area contributed by atoms with Crippen LogP contribution in [0.2, 0.25) is 0 Å². The van der Waals surface area contributed by atoms with E-state index >= 15 is 0 Å². The first kappa shape index (κ1) is 26.4. The smallest absolute Gasteiger partial charge is 0.290 e. The van der Waals surface area contributed by atoms with Crippen LogP contribution in [0.3, 0.4) is 0 Å². The zero-order chi connectivity index (χ0) is 26.3. The molecule has 1 N–H and O–H groups in total. The standard InChI is InChI=1S/C23H26F3N5O3S/c1-14(29-35(33,34)13-23(24,25)26)15-6-7-16(11-27)17(10-15)18-8-9-19-20(28-18)30(5)21(32)31(19)12-22(2,3)4/h6-10,14,29H,12-13H2,1-5H3/t14-/m1/s1. The lowest BCUT2D eigenvalue weighted by atomic mass is 9.97. The largest absolute Gasteiger partial charge is 0.404 e. The predicted octanol–water partition coefficient (Wildman–Crippen LogP) is 3.86. The molecule has 0 saturated heterocycles. The number of rotatable bonds is 6. The molecule has 0 fully saturated rings. The fourth-order valence-electron chi connectivity index (χ4n) is 3.79. The van der Waals surface area contributed by atoms with Gasteiger partial charge in [0.1, 0.15) is 0 Å². The van der Waals surface area contributed by atoms with E-state index in [1.807, 2.05) is 31.6 Å². The van der Waals surface area contributed by atoms with Crippen LogP contribution >= 0.6 is 0 Å². The van der Waals surface area contributed by atoms with Gasteiger partial charge in [-0.3, -0.25) is 9.13 Å². The molecule has 3 aromatic rings. The number of imidazole rings is 1. The number of pyridine rings is 1. The summed E-state index contributed by atoms with van der Waals surface area (Å²) in [6, 6.07) is 8.87. The summed E-state index contributed by atoms with van der Waals surface area (Å²) in [5.41, 5.74) is 1.96. The highest BCUT2D eigenvalue weighted by Crippen LogP contribution is 2.29. The predicted molar refractivity (Wildman–Crippen MR) is 126 cm³/mol. The maximum Gasteiger partial charge on any atom is 0.404 e. The number of aryl methyl sites for hydroxylation is 1. The van der Waals surface area contributed by atoms with E-state index in [1.165, 1.54) is 29.7 Å². The molecule has 8 nitrogen and oxygen atoms in total. The molecule has 2 heterocycles. The van der Waals surface area contributed by atoms with Gasteiger partial charge in [-0.15, -0.1) is 0 Å². The Morgan fingerprint density at radius 2 is 1.83 bits per heavy atom. The molecular formula is C23H26F3N5O3S. The van der Waals surface area contributed by atoms with Gasteiger partial charge in [-0.25, -0.2) is 22.9 Å². The fourth-order valence-corrected chi connectivity index (χ4v) is 4.97. The SMILES string of the molecule is C[C@@H](NS(=O)(=O)CC(F)(F)F)c1ccc(C#N)c(-c2ccc3c(n2)n(C)c(=O)n3CC(C)(C)C)c1. The summed E-state index contributed by atoms with van der Waals surface area (Å²) in [6.45, 7) is 7.91. The number of halogens is 3. The molecule has 0 unspecified atom stereocenters. The highest BCUT2D eigenvalue weighted by Gasteiger charge is 2.35. The van der Waals surface area contributed by atoms with Crippen molar-refractivity contribution < 1.29 is 21.6 Å². The molecule has 1 aromatic carbocycles. The molecule has 12 heteroatoms. The number of benzene rings is 1. The lowest BCUT2D eigenvalue weighted by Crippen LogP contribution is -2.35. The summed E-state index contributed by atoms with van der Waals surface area (Å²) in [4.78, 5) is 17.4. The number of fused-ring (bicyclic) bond motifs is 1. The molecule has 0 aliphatic rings. The molecule has 0 amide bonds. The van der Waals surface area contributed by atoms with E-state index in [0.29, 0.717) is 34.5 Å². The van der Waals surface area contributed by atoms with Crippen molar-refractivity contribution in [3.63, 3.8) is 0 Å². The van der Waals surface area contributed by atoms with Gasteiger partial charge in [0.25, 0.3) is 0 Å². The van der Waals surface area contributed by atoms with Crippen LogP contribution in [0.5, 0.6) is 0 Å². The zero-order valence-corrected chi connectivity index (χ0v) is 20.8. The summed E-state index contributed by atoms with van der Waals surface area (Å²) >= 11 is 0. The molecule has 2 aromatic heterocycles. The van der Waals surface area contributed by atoms with Gasteiger partial charge in [0.15, 0.2) is 11.4 Å². The quantitative estimate of drug-likeness (QED) is 0.543. The van der Waals surface area contributed by atoms with E-state index in [4.69, 9.17) is 0 Å². The van der Waals surface area contributed by atoms with Gasteiger partial charge >= 0.3 is 11.9 Å². The monoisotopic (exact) mass is 509 g/mol. The fraction of sp³-hybridized carbons (Fsp3) is 0.435. The third kappa shape index (κ3) is 6.10. The van der Waals surface area contributed by atoms with Gasteiger partial charge in [-0.05, 0) is 42.2 Å². The van der Waals surface area contributed by atoms with Crippen LogP contribution in [-0.2, 0) is 23.6 Å². The van der Waals surface area contributed by atoms with E-state index in [1.54, 1.807) is 23.7 Å². The van der Waals surface area contributed by atoms with Gasteiger partial charge < -0.3 is 0 Å². The number of hydrogen-bond donors (Lipinski definition) is 1. The Kier molecular flexibility index (Phi) is 6.89. The average molecular weight is 510 g/mol. The van der Waals surface area contributed by atoms with Crippen molar-refractivity contribution in [1.29, 1.82) is 5.26 Å². The van der Waals surface area contributed by atoms with Crippen LogP contribution in [0.4, 0.5) is 13.2 Å². The number of nitrogens with one attached hydrogen (secondary N) is 1.